The number of likely N-dealkylation sites (tertiary alicyclic amines) is 2. The number of imidazole rings is 2. The van der Waals surface area contributed by atoms with Crippen molar-refractivity contribution in [3.63, 3.8) is 0 Å². The summed E-state index contributed by atoms with van der Waals surface area (Å²) in [6, 6.07) is 29.0. The molecule has 1 unspecified atom stereocenters. The Labute approximate surface area is 304 Å². The molecule has 53 heavy (non-hydrogen) atoms. The molecule has 2 aliphatic rings. The summed E-state index contributed by atoms with van der Waals surface area (Å²) < 4.78 is 6.33. The number of aliphatic hydroxyl groups excluding tert-OH is 2. The van der Waals surface area contributed by atoms with Crippen LogP contribution in [-0.2, 0) is 9.59 Å². The van der Waals surface area contributed by atoms with Crippen LogP contribution in [0.25, 0.3) is 44.8 Å². The number of aliphatic hydroxyl groups is 2. The first-order valence-corrected chi connectivity index (χ1v) is 17.9. The van der Waals surface area contributed by atoms with Crippen LogP contribution in [0.15, 0.2) is 108 Å². The number of oxazole rings is 1. The molecule has 9 rings (SSSR count). The van der Waals surface area contributed by atoms with E-state index >= 15 is 0 Å². The highest BCUT2D eigenvalue weighted by atomic mass is 16.4. The lowest BCUT2D eigenvalue weighted by Gasteiger charge is -2.25. The number of hydrogen-bond donors (Lipinski definition) is 4. The SMILES string of the molecule is O=C([C@@H](O)c1ccccc1)N1CCCC1c1nc2ccc(-c3cnc(-c4cccc5[nH]c([C@@H]6CCCN6C(=O)[C@H](O)c6ccccc6)nc45)o3)cc2[nH]1. The summed E-state index contributed by atoms with van der Waals surface area (Å²) in [5.41, 5.74) is 5.68. The van der Waals surface area contributed by atoms with Gasteiger partial charge in [0.2, 0.25) is 5.89 Å². The molecule has 4 atom stereocenters. The number of amides is 2. The van der Waals surface area contributed by atoms with Gasteiger partial charge in [-0.15, -0.1) is 0 Å². The van der Waals surface area contributed by atoms with Gasteiger partial charge in [0.05, 0.1) is 40.4 Å². The van der Waals surface area contributed by atoms with E-state index in [-0.39, 0.29) is 23.9 Å². The molecule has 2 aliphatic heterocycles. The van der Waals surface area contributed by atoms with Crippen molar-refractivity contribution in [2.75, 3.05) is 13.1 Å². The van der Waals surface area contributed by atoms with E-state index in [1.807, 2.05) is 72.8 Å². The van der Waals surface area contributed by atoms with Gasteiger partial charge < -0.3 is 34.4 Å². The van der Waals surface area contributed by atoms with Crippen molar-refractivity contribution in [3.8, 4) is 22.8 Å². The minimum atomic E-state index is -1.24. The average molecular weight is 708 g/mol. The van der Waals surface area contributed by atoms with Gasteiger partial charge in [0.25, 0.3) is 11.8 Å². The lowest BCUT2D eigenvalue weighted by atomic mass is 10.1. The van der Waals surface area contributed by atoms with E-state index in [1.54, 1.807) is 40.3 Å². The predicted octanol–water partition coefficient (Wildman–Crippen LogP) is 6.56. The van der Waals surface area contributed by atoms with Gasteiger partial charge in [-0.2, -0.15) is 0 Å². The summed E-state index contributed by atoms with van der Waals surface area (Å²) >= 11 is 0. The van der Waals surface area contributed by atoms with Gasteiger partial charge in [0.15, 0.2) is 18.0 Å². The Kier molecular flexibility index (Phi) is 8.32. The number of aromatic nitrogens is 5. The monoisotopic (exact) mass is 707 g/mol. The molecule has 2 saturated heterocycles. The molecular weight excluding hydrogens is 670 g/mol. The maximum absolute atomic E-state index is 13.4. The first-order chi connectivity index (χ1) is 25.9. The Morgan fingerprint density at radius 3 is 1.96 bits per heavy atom. The molecule has 4 N–H and O–H groups in total. The van der Waals surface area contributed by atoms with Gasteiger partial charge in [-0.1, -0.05) is 66.7 Å². The number of para-hydroxylation sites is 1. The molecule has 3 aromatic heterocycles. The van der Waals surface area contributed by atoms with Crippen LogP contribution in [0, 0.1) is 0 Å². The van der Waals surface area contributed by atoms with Crippen LogP contribution in [0.4, 0.5) is 0 Å². The second-order valence-electron chi connectivity index (χ2n) is 13.7. The minimum absolute atomic E-state index is 0.267. The zero-order valence-electron chi connectivity index (χ0n) is 28.7. The number of benzene rings is 4. The number of rotatable bonds is 8. The number of fused-ring (bicyclic) bond motifs is 2. The molecule has 266 valence electrons. The van der Waals surface area contributed by atoms with E-state index in [2.05, 4.69) is 15.0 Å². The molecule has 7 aromatic rings. The van der Waals surface area contributed by atoms with Crippen molar-refractivity contribution >= 4 is 33.9 Å². The van der Waals surface area contributed by atoms with Crippen molar-refractivity contribution in [3.05, 3.63) is 126 Å². The summed E-state index contributed by atoms with van der Waals surface area (Å²) in [5, 5.41) is 21.7. The Balaban J connectivity index is 0.955. The lowest BCUT2D eigenvalue weighted by molar-refractivity contribution is -0.142. The molecule has 0 radical (unpaired) electrons. The third kappa shape index (κ3) is 5.95. The number of hydrogen-bond acceptors (Lipinski definition) is 8. The van der Waals surface area contributed by atoms with Crippen LogP contribution < -0.4 is 0 Å². The van der Waals surface area contributed by atoms with E-state index in [4.69, 9.17) is 14.4 Å². The maximum Gasteiger partial charge on any atom is 0.256 e. The third-order valence-corrected chi connectivity index (χ3v) is 10.5. The Morgan fingerprint density at radius 1 is 0.717 bits per heavy atom. The fraction of sp³-hybridized carbons (Fsp3) is 0.244. The number of nitrogens with zero attached hydrogens (tertiary/aromatic N) is 5. The molecule has 5 heterocycles. The van der Waals surface area contributed by atoms with Gasteiger partial charge >= 0.3 is 0 Å². The van der Waals surface area contributed by atoms with Crippen molar-refractivity contribution in [2.24, 2.45) is 0 Å². The van der Waals surface area contributed by atoms with Crippen molar-refractivity contribution in [1.29, 1.82) is 0 Å². The molecule has 12 nitrogen and oxygen atoms in total. The first kappa shape index (κ1) is 32.8. The van der Waals surface area contributed by atoms with Crippen molar-refractivity contribution in [2.45, 2.75) is 50.0 Å². The number of aromatic amines is 2. The quantitative estimate of drug-likeness (QED) is 0.138. The second-order valence-corrected chi connectivity index (χ2v) is 13.7. The number of carbonyl (C=O) groups is 2. The van der Waals surface area contributed by atoms with Gasteiger partial charge in [-0.25, -0.2) is 15.0 Å². The zero-order chi connectivity index (χ0) is 36.1. The van der Waals surface area contributed by atoms with Crippen LogP contribution in [0.3, 0.4) is 0 Å². The highest BCUT2D eigenvalue weighted by Gasteiger charge is 2.37. The average Bonchev–Trinajstić information content (AvgIpc) is 4.05. The molecule has 0 aliphatic carbocycles. The summed E-state index contributed by atoms with van der Waals surface area (Å²) in [4.78, 5) is 51.5. The van der Waals surface area contributed by atoms with E-state index < -0.39 is 12.2 Å². The highest BCUT2D eigenvalue weighted by molar-refractivity contribution is 5.90. The fourth-order valence-corrected chi connectivity index (χ4v) is 7.75. The van der Waals surface area contributed by atoms with Gasteiger partial charge in [0, 0.05) is 18.7 Å². The number of carbonyl (C=O) groups excluding carboxylic acids is 2. The minimum Gasteiger partial charge on any atom is -0.436 e. The zero-order valence-corrected chi connectivity index (χ0v) is 28.7. The molecule has 0 saturated carbocycles. The van der Waals surface area contributed by atoms with E-state index in [0.29, 0.717) is 58.6 Å². The topological polar surface area (TPSA) is 164 Å². The number of H-pyrrole nitrogens is 2. The third-order valence-electron chi connectivity index (χ3n) is 10.5. The largest absolute Gasteiger partial charge is 0.436 e. The summed E-state index contributed by atoms with van der Waals surface area (Å²) in [7, 11) is 0. The molecule has 4 aromatic carbocycles. The molecule has 12 heteroatoms. The Hall–Kier alpha value is -6.11. The van der Waals surface area contributed by atoms with Crippen molar-refractivity contribution in [1.82, 2.24) is 34.7 Å². The van der Waals surface area contributed by atoms with Crippen molar-refractivity contribution < 1.29 is 24.2 Å². The van der Waals surface area contributed by atoms with E-state index in [9.17, 15) is 19.8 Å². The van der Waals surface area contributed by atoms with Crippen LogP contribution in [-0.4, -0.2) is 69.8 Å². The van der Waals surface area contributed by atoms with Gasteiger partial charge in [0.1, 0.15) is 17.2 Å². The maximum atomic E-state index is 13.4. The van der Waals surface area contributed by atoms with E-state index in [0.717, 1.165) is 47.8 Å². The molecule has 0 bridgehead atoms. The molecular formula is C41H37N7O5. The number of nitrogens with one attached hydrogen (secondary N) is 2. The summed E-state index contributed by atoms with van der Waals surface area (Å²) in [5.74, 6) is 1.64. The van der Waals surface area contributed by atoms with Crippen LogP contribution >= 0.6 is 0 Å². The van der Waals surface area contributed by atoms with Gasteiger partial charge in [-0.3, -0.25) is 9.59 Å². The standard InChI is InChI=1S/C41H37N7O5/c49-35(24-10-3-1-4-11-24)40(51)47-20-8-16-31(47)37-43-28-19-18-26(22-30(28)45-37)33-23-42-39(53-33)27-14-7-15-29-34(27)46-38(44-29)32-17-9-21-48(32)41(52)36(50)25-12-5-2-6-13-25/h1-7,10-15,18-19,22-23,31-32,35-36,49-50H,8-9,16-17,20-21H2,(H,43,45)(H,44,46)/t31?,32-,35-,36+/m0/s1. The van der Waals surface area contributed by atoms with E-state index in [1.165, 1.54) is 0 Å². The summed E-state index contributed by atoms with van der Waals surface area (Å²) in [6.07, 6.45) is 2.32. The van der Waals surface area contributed by atoms with Crippen LogP contribution in [0.5, 0.6) is 0 Å². The molecule has 2 fully saturated rings. The normalized spacial score (nSPS) is 18.6. The van der Waals surface area contributed by atoms with Crippen LogP contribution in [0.1, 0.15) is 72.8 Å². The fourth-order valence-electron chi connectivity index (χ4n) is 7.75. The smallest absolute Gasteiger partial charge is 0.256 e. The van der Waals surface area contributed by atoms with Crippen LogP contribution in [0.2, 0.25) is 0 Å². The van der Waals surface area contributed by atoms with Gasteiger partial charge in [-0.05, 0) is 67.1 Å². The lowest BCUT2D eigenvalue weighted by Crippen LogP contribution is -2.35. The Morgan fingerprint density at radius 2 is 1.32 bits per heavy atom. The highest BCUT2D eigenvalue weighted by Crippen LogP contribution is 2.38. The second kappa shape index (κ2) is 13.5. The first-order valence-electron chi connectivity index (χ1n) is 17.9. The molecule has 2 amide bonds. The predicted molar refractivity (Wildman–Crippen MR) is 197 cm³/mol. The summed E-state index contributed by atoms with van der Waals surface area (Å²) in [6.45, 7) is 1.09. The Bertz CT molecular complexity index is 2440. The molecule has 0 spiro atoms.